The first-order valence-electron chi connectivity index (χ1n) is 8.27. The summed E-state index contributed by atoms with van der Waals surface area (Å²) in [5.41, 5.74) is 2.58. The van der Waals surface area contributed by atoms with E-state index in [0.29, 0.717) is 5.56 Å². The van der Waals surface area contributed by atoms with Gasteiger partial charge in [0, 0.05) is 31.3 Å². The minimum absolute atomic E-state index is 0. The van der Waals surface area contributed by atoms with Crippen LogP contribution in [0.2, 0.25) is 0 Å². The Bertz CT molecular complexity index is 639. The standard InChI is InChI=1S/C18H25N3O2.ClH/c1-12-10-13(4-5-14(12)17(23)21(2)3)20-16(22)15-11-18(15)6-8-19-9-7-18;/h4-5,10,15,19H,6-9,11H2,1-3H3,(H,20,22);1H. The van der Waals surface area contributed by atoms with E-state index in [4.69, 9.17) is 0 Å². The molecule has 3 rings (SSSR count). The lowest BCUT2D eigenvalue weighted by molar-refractivity contribution is -0.118. The third-order valence-electron chi connectivity index (χ3n) is 5.24. The fourth-order valence-electron chi connectivity index (χ4n) is 3.65. The number of nitrogens with zero attached hydrogens (tertiary/aromatic N) is 1. The van der Waals surface area contributed by atoms with Crippen LogP contribution in [0.5, 0.6) is 0 Å². The number of hydrogen-bond acceptors (Lipinski definition) is 3. The summed E-state index contributed by atoms with van der Waals surface area (Å²) in [7, 11) is 3.48. The first-order valence-corrected chi connectivity index (χ1v) is 8.27. The van der Waals surface area contributed by atoms with Crippen LogP contribution in [0.25, 0.3) is 0 Å². The molecule has 2 N–H and O–H groups in total. The Hall–Kier alpha value is -1.59. The van der Waals surface area contributed by atoms with Crippen molar-refractivity contribution in [3.8, 4) is 0 Å². The van der Waals surface area contributed by atoms with Crippen molar-refractivity contribution in [2.45, 2.75) is 26.2 Å². The monoisotopic (exact) mass is 351 g/mol. The van der Waals surface area contributed by atoms with Gasteiger partial charge in [0.2, 0.25) is 5.91 Å². The number of halogens is 1. The fourth-order valence-corrected chi connectivity index (χ4v) is 3.65. The molecule has 5 nitrogen and oxygen atoms in total. The molecule has 1 saturated carbocycles. The van der Waals surface area contributed by atoms with E-state index in [1.807, 2.05) is 19.1 Å². The van der Waals surface area contributed by atoms with Crippen molar-refractivity contribution < 1.29 is 9.59 Å². The van der Waals surface area contributed by atoms with Gasteiger partial charge in [0.25, 0.3) is 5.91 Å². The maximum absolute atomic E-state index is 12.5. The number of benzene rings is 1. The van der Waals surface area contributed by atoms with Crippen LogP contribution >= 0.6 is 12.4 Å². The molecule has 1 saturated heterocycles. The number of carbonyl (C=O) groups excluding carboxylic acids is 2. The predicted octanol–water partition coefficient (Wildman–Crippen LogP) is 2.45. The number of hydrogen-bond donors (Lipinski definition) is 2. The van der Waals surface area contributed by atoms with Crippen LogP contribution in [-0.4, -0.2) is 43.9 Å². The van der Waals surface area contributed by atoms with Crippen molar-refractivity contribution in [1.82, 2.24) is 10.2 Å². The molecule has 1 atom stereocenters. The van der Waals surface area contributed by atoms with Gasteiger partial charge in [-0.3, -0.25) is 9.59 Å². The quantitative estimate of drug-likeness (QED) is 0.879. The number of piperidine rings is 1. The highest BCUT2D eigenvalue weighted by Crippen LogP contribution is 2.58. The van der Waals surface area contributed by atoms with Crippen molar-refractivity contribution in [2.75, 3.05) is 32.5 Å². The van der Waals surface area contributed by atoms with Crippen molar-refractivity contribution >= 4 is 29.9 Å². The highest BCUT2D eigenvalue weighted by molar-refractivity contribution is 5.98. The number of anilines is 1. The van der Waals surface area contributed by atoms with Gasteiger partial charge in [-0.2, -0.15) is 0 Å². The SMILES string of the molecule is Cc1cc(NC(=O)C2CC23CCNCC3)ccc1C(=O)N(C)C.Cl. The van der Waals surface area contributed by atoms with Crippen LogP contribution in [0.1, 0.15) is 35.2 Å². The fraction of sp³-hybridized carbons (Fsp3) is 0.556. The van der Waals surface area contributed by atoms with Gasteiger partial charge in [-0.05, 0) is 68.5 Å². The van der Waals surface area contributed by atoms with Crippen LogP contribution < -0.4 is 10.6 Å². The molecule has 0 radical (unpaired) electrons. The molecule has 1 heterocycles. The maximum Gasteiger partial charge on any atom is 0.253 e. The highest BCUT2D eigenvalue weighted by Gasteiger charge is 2.57. The topological polar surface area (TPSA) is 61.4 Å². The van der Waals surface area contributed by atoms with E-state index < -0.39 is 0 Å². The van der Waals surface area contributed by atoms with Gasteiger partial charge in [-0.15, -0.1) is 12.4 Å². The summed E-state index contributed by atoms with van der Waals surface area (Å²) in [6.45, 7) is 3.94. The predicted molar refractivity (Wildman–Crippen MR) is 97.7 cm³/mol. The van der Waals surface area contributed by atoms with E-state index >= 15 is 0 Å². The summed E-state index contributed by atoms with van der Waals surface area (Å²) >= 11 is 0. The Morgan fingerprint density at radius 3 is 2.50 bits per heavy atom. The van der Waals surface area contributed by atoms with Gasteiger partial charge in [0.1, 0.15) is 0 Å². The third-order valence-corrected chi connectivity index (χ3v) is 5.24. The second-order valence-corrected chi connectivity index (χ2v) is 7.09. The summed E-state index contributed by atoms with van der Waals surface area (Å²) in [6, 6.07) is 5.49. The van der Waals surface area contributed by atoms with E-state index in [1.54, 1.807) is 25.1 Å². The zero-order valence-electron chi connectivity index (χ0n) is 14.5. The van der Waals surface area contributed by atoms with Crippen LogP contribution in [0.4, 0.5) is 5.69 Å². The molecule has 1 aliphatic heterocycles. The van der Waals surface area contributed by atoms with Gasteiger partial charge in [-0.1, -0.05) is 0 Å². The van der Waals surface area contributed by atoms with E-state index in [0.717, 1.165) is 43.6 Å². The van der Waals surface area contributed by atoms with Crippen molar-refractivity contribution in [3.63, 3.8) is 0 Å². The molecule has 1 aromatic rings. The molecule has 24 heavy (non-hydrogen) atoms. The summed E-state index contributed by atoms with van der Waals surface area (Å²) in [4.78, 5) is 26.1. The summed E-state index contributed by atoms with van der Waals surface area (Å²) in [6.07, 6.45) is 3.21. The Morgan fingerprint density at radius 2 is 1.92 bits per heavy atom. The average molecular weight is 352 g/mol. The molecular weight excluding hydrogens is 326 g/mol. The molecule has 2 amide bonds. The molecule has 0 aromatic heterocycles. The molecule has 2 fully saturated rings. The van der Waals surface area contributed by atoms with Gasteiger partial charge >= 0.3 is 0 Å². The minimum atomic E-state index is -0.0174. The Morgan fingerprint density at radius 1 is 1.25 bits per heavy atom. The molecule has 6 heteroatoms. The summed E-state index contributed by atoms with van der Waals surface area (Å²) in [5.74, 6) is 0.252. The second kappa shape index (κ2) is 7.11. The normalized spacial score (nSPS) is 20.9. The zero-order valence-corrected chi connectivity index (χ0v) is 15.3. The number of aryl methyl sites for hydroxylation is 1. The average Bonchev–Trinajstić information content (AvgIpc) is 3.21. The Labute approximate surface area is 149 Å². The van der Waals surface area contributed by atoms with E-state index in [1.165, 1.54) is 0 Å². The van der Waals surface area contributed by atoms with Crippen LogP contribution in [0.3, 0.4) is 0 Å². The molecule has 1 spiro atoms. The first-order chi connectivity index (χ1) is 10.9. The molecule has 132 valence electrons. The number of rotatable bonds is 3. The van der Waals surface area contributed by atoms with E-state index in [2.05, 4.69) is 10.6 Å². The number of nitrogens with one attached hydrogen (secondary N) is 2. The molecule has 2 aliphatic rings. The maximum atomic E-state index is 12.5. The minimum Gasteiger partial charge on any atom is -0.345 e. The number of amides is 2. The second-order valence-electron chi connectivity index (χ2n) is 7.09. The smallest absolute Gasteiger partial charge is 0.253 e. The molecule has 1 aromatic carbocycles. The van der Waals surface area contributed by atoms with Gasteiger partial charge in [-0.25, -0.2) is 0 Å². The summed E-state index contributed by atoms with van der Waals surface area (Å²) < 4.78 is 0. The molecule has 1 unspecified atom stereocenters. The lowest BCUT2D eigenvalue weighted by Crippen LogP contribution is -2.31. The number of carbonyl (C=O) groups is 2. The Kier molecular flexibility index (Phi) is 5.56. The van der Waals surface area contributed by atoms with E-state index in [-0.39, 0.29) is 35.6 Å². The van der Waals surface area contributed by atoms with Gasteiger partial charge in [0.15, 0.2) is 0 Å². The molecular formula is C18H26ClN3O2. The van der Waals surface area contributed by atoms with Crippen molar-refractivity contribution in [3.05, 3.63) is 29.3 Å². The lowest BCUT2D eigenvalue weighted by atomic mass is 9.91. The molecule has 0 bridgehead atoms. The lowest BCUT2D eigenvalue weighted by Gasteiger charge is -2.23. The van der Waals surface area contributed by atoms with E-state index in [9.17, 15) is 9.59 Å². The molecule has 1 aliphatic carbocycles. The zero-order chi connectivity index (χ0) is 16.6. The van der Waals surface area contributed by atoms with Crippen molar-refractivity contribution in [1.29, 1.82) is 0 Å². The van der Waals surface area contributed by atoms with Gasteiger partial charge < -0.3 is 15.5 Å². The van der Waals surface area contributed by atoms with Gasteiger partial charge in [0.05, 0.1) is 0 Å². The van der Waals surface area contributed by atoms with Crippen LogP contribution in [0.15, 0.2) is 18.2 Å². The van der Waals surface area contributed by atoms with Crippen molar-refractivity contribution in [2.24, 2.45) is 11.3 Å². The summed E-state index contributed by atoms with van der Waals surface area (Å²) in [5, 5.41) is 6.38. The third kappa shape index (κ3) is 3.57. The Balaban J connectivity index is 0.00000208. The highest BCUT2D eigenvalue weighted by atomic mass is 35.5. The van der Waals surface area contributed by atoms with Crippen LogP contribution in [0, 0.1) is 18.3 Å². The van der Waals surface area contributed by atoms with Crippen LogP contribution in [-0.2, 0) is 4.79 Å². The first kappa shape index (κ1) is 18.7. The largest absolute Gasteiger partial charge is 0.345 e.